The molecule has 0 N–H and O–H groups in total. The van der Waals surface area contributed by atoms with Gasteiger partial charge in [0.15, 0.2) is 0 Å². The molecule has 0 radical (unpaired) electrons. The second-order valence-corrected chi connectivity index (χ2v) is 7.27. The molecule has 1 aromatic carbocycles. The zero-order chi connectivity index (χ0) is 18.8. The minimum Gasteiger partial charge on any atom is -0.392 e. The van der Waals surface area contributed by atoms with Gasteiger partial charge in [0.25, 0.3) is 0 Å². The molecule has 1 fully saturated rings. The van der Waals surface area contributed by atoms with Crippen LogP contribution in [-0.4, -0.2) is 45.6 Å². The summed E-state index contributed by atoms with van der Waals surface area (Å²) in [7, 11) is 0. The summed E-state index contributed by atoms with van der Waals surface area (Å²) in [6.07, 6.45) is 4.72. The molecule has 2 unspecified atom stereocenters. The van der Waals surface area contributed by atoms with Gasteiger partial charge in [-0.05, 0) is 25.8 Å². The van der Waals surface area contributed by atoms with Crippen LogP contribution < -0.4 is 4.90 Å². The number of anilines is 1. The van der Waals surface area contributed by atoms with Gasteiger partial charge in [0.05, 0.1) is 30.1 Å². The Bertz CT molecular complexity index is 832. The summed E-state index contributed by atoms with van der Waals surface area (Å²) >= 11 is 0. The Morgan fingerprint density at radius 1 is 1.22 bits per heavy atom. The van der Waals surface area contributed by atoms with Crippen LogP contribution in [0.1, 0.15) is 25.8 Å². The number of carbonyl (C=O) groups is 1. The van der Waals surface area contributed by atoms with Gasteiger partial charge in [-0.2, -0.15) is 5.10 Å². The number of hydrogen-bond donors (Lipinski definition) is 0. The predicted molar refractivity (Wildman–Crippen MR) is 104 cm³/mol. The maximum Gasteiger partial charge on any atom is 0.324 e. The standard InChI is InChI=1S/C20H25N5O2/c1-15-19(16(2)27-22-15)14-24-13-18(11-21-24)25-10-6-9-23(20(25)26)12-17-7-4-3-5-8-17/h3-5,7-8,11,13,16,19H,6,9-10,12,14H2,1-2H3. The molecule has 4 rings (SSSR count). The van der Waals surface area contributed by atoms with E-state index in [0.29, 0.717) is 13.1 Å². The van der Waals surface area contributed by atoms with Crippen LogP contribution in [0, 0.1) is 5.92 Å². The van der Waals surface area contributed by atoms with E-state index in [1.807, 2.05) is 52.7 Å². The van der Waals surface area contributed by atoms with Crippen LogP contribution in [-0.2, 0) is 17.9 Å². The zero-order valence-corrected chi connectivity index (χ0v) is 15.8. The van der Waals surface area contributed by atoms with Crippen molar-refractivity contribution >= 4 is 17.4 Å². The Kier molecular flexibility index (Phi) is 4.83. The summed E-state index contributed by atoms with van der Waals surface area (Å²) in [6.45, 7) is 6.84. The Labute approximate surface area is 159 Å². The highest BCUT2D eigenvalue weighted by Gasteiger charge is 2.30. The number of amides is 2. The van der Waals surface area contributed by atoms with Gasteiger partial charge < -0.3 is 9.74 Å². The number of rotatable bonds is 5. The molecule has 0 aliphatic carbocycles. The Balaban J connectivity index is 1.44. The number of carbonyl (C=O) groups excluding carboxylic acids is 1. The summed E-state index contributed by atoms with van der Waals surface area (Å²) in [4.78, 5) is 22.0. The quantitative estimate of drug-likeness (QED) is 0.816. The third-order valence-electron chi connectivity index (χ3n) is 5.31. The van der Waals surface area contributed by atoms with Gasteiger partial charge in [0, 0.05) is 25.8 Å². The normalized spacial score (nSPS) is 22.7. The number of hydrogen-bond acceptors (Lipinski definition) is 4. The van der Waals surface area contributed by atoms with Crippen molar-refractivity contribution in [1.29, 1.82) is 0 Å². The molecule has 7 heteroatoms. The van der Waals surface area contributed by atoms with Crippen molar-refractivity contribution in [2.45, 2.75) is 39.5 Å². The molecule has 7 nitrogen and oxygen atoms in total. The summed E-state index contributed by atoms with van der Waals surface area (Å²) < 4.78 is 1.88. The molecule has 2 amide bonds. The zero-order valence-electron chi connectivity index (χ0n) is 15.8. The highest BCUT2D eigenvalue weighted by molar-refractivity contribution is 5.92. The molecule has 2 aliphatic rings. The van der Waals surface area contributed by atoms with Crippen molar-refractivity contribution < 1.29 is 9.63 Å². The van der Waals surface area contributed by atoms with Gasteiger partial charge in [-0.15, -0.1) is 0 Å². The van der Waals surface area contributed by atoms with Crippen molar-refractivity contribution in [2.75, 3.05) is 18.0 Å². The SMILES string of the molecule is CC1=NOC(C)C1Cn1cc(N2CCCN(Cc3ccccc3)C2=O)cn1. The Morgan fingerprint density at radius 2 is 2.04 bits per heavy atom. The van der Waals surface area contributed by atoms with E-state index in [4.69, 9.17) is 4.84 Å². The van der Waals surface area contributed by atoms with Crippen molar-refractivity contribution in [2.24, 2.45) is 11.1 Å². The monoisotopic (exact) mass is 367 g/mol. The summed E-state index contributed by atoms with van der Waals surface area (Å²) in [6, 6.07) is 10.2. The molecule has 0 spiro atoms. The lowest BCUT2D eigenvalue weighted by atomic mass is 10.00. The number of aromatic nitrogens is 2. The van der Waals surface area contributed by atoms with Gasteiger partial charge in [-0.1, -0.05) is 35.5 Å². The smallest absolute Gasteiger partial charge is 0.324 e. The number of benzene rings is 1. The van der Waals surface area contributed by atoms with Crippen molar-refractivity contribution in [3.05, 3.63) is 48.3 Å². The third kappa shape index (κ3) is 3.67. The molecule has 3 heterocycles. The molecule has 2 atom stereocenters. The van der Waals surface area contributed by atoms with Crippen LogP contribution in [0.15, 0.2) is 47.9 Å². The minimum atomic E-state index is 0.0416. The maximum atomic E-state index is 13.0. The molecule has 0 bridgehead atoms. The van der Waals surface area contributed by atoms with Crippen LogP contribution in [0.2, 0.25) is 0 Å². The number of urea groups is 1. The van der Waals surface area contributed by atoms with E-state index in [1.165, 1.54) is 0 Å². The van der Waals surface area contributed by atoms with E-state index in [1.54, 1.807) is 6.20 Å². The van der Waals surface area contributed by atoms with Gasteiger partial charge >= 0.3 is 6.03 Å². The third-order valence-corrected chi connectivity index (χ3v) is 5.31. The van der Waals surface area contributed by atoms with Gasteiger partial charge in [0.2, 0.25) is 0 Å². The molecule has 2 aliphatic heterocycles. The van der Waals surface area contributed by atoms with E-state index < -0.39 is 0 Å². The van der Waals surface area contributed by atoms with E-state index in [0.717, 1.165) is 36.5 Å². The summed E-state index contributed by atoms with van der Waals surface area (Å²) in [5.41, 5.74) is 2.98. The first-order valence-corrected chi connectivity index (χ1v) is 9.45. The maximum absolute atomic E-state index is 13.0. The van der Waals surface area contributed by atoms with Gasteiger partial charge in [0.1, 0.15) is 6.10 Å². The lowest BCUT2D eigenvalue weighted by molar-refractivity contribution is 0.0712. The lowest BCUT2D eigenvalue weighted by Crippen LogP contribution is -2.48. The topological polar surface area (TPSA) is 63.0 Å². The Hall–Kier alpha value is -2.83. The lowest BCUT2D eigenvalue weighted by Gasteiger charge is -2.35. The minimum absolute atomic E-state index is 0.0416. The average Bonchev–Trinajstić information content (AvgIpc) is 3.26. The number of oxime groups is 1. The molecule has 0 saturated carbocycles. The van der Waals surface area contributed by atoms with E-state index >= 15 is 0 Å². The highest BCUT2D eigenvalue weighted by atomic mass is 16.6. The van der Waals surface area contributed by atoms with Crippen LogP contribution in [0.5, 0.6) is 0 Å². The second-order valence-electron chi connectivity index (χ2n) is 7.27. The van der Waals surface area contributed by atoms with Crippen molar-refractivity contribution in [1.82, 2.24) is 14.7 Å². The Morgan fingerprint density at radius 3 is 2.78 bits per heavy atom. The van der Waals surface area contributed by atoms with Crippen LogP contribution in [0.3, 0.4) is 0 Å². The van der Waals surface area contributed by atoms with Gasteiger partial charge in [-0.25, -0.2) is 4.79 Å². The molecular formula is C20H25N5O2. The second kappa shape index (κ2) is 7.42. The first-order valence-electron chi connectivity index (χ1n) is 9.45. The van der Waals surface area contributed by atoms with Crippen LogP contribution in [0.4, 0.5) is 10.5 Å². The van der Waals surface area contributed by atoms with Crippen molar-refractivity contribution in [3.8, 4) is 0 Å². The van der Waals surface area contributed by atoms with Crippen LogP contribution in [0.25, 0.3) is 0 Å². The molecular weight excluding hydrogens is 342 g/mol. The molecule has 27 heavy (non-hydrogen) atoms. The largest absolute Gasteiger partial charge is 0.392 e. The molecule has 142 valence electrons. The first kappa shape index (κ1) is 17.6. The van der Waals surface area contributed by atoms with E-state index in [9.17, 15) is 4.79 Å². The fourth-order valence-corrected chi connectivity index (χ4v) is 3.69. The van der Waals surface area contributed by atoms with Crippen LogP contribution >= 0.6 is 0 Å². The average molecular weight is 367 g/mol. The highest BCUT2D eigenvalue weighted by Crippen LogP contribution is 2.23. The molecule has 2 aromatic rings. The van der Waals surface area contributed by atoms with Gasteiger partial charge in [-0.3, -0.25) is 9.58 Å². The molecule has 1 aromatic heterocycles. The summed E-state index contributed by atoms with van der Waals surface area (Å²) in [5, 5.41) is 8.52. The summed E-state index contributed by atoms with van der Waals surface area (Å²) in [5.74, 6) is 0.212. The van der Waals surface area contributed by atoms with Crippen molar-refractivity contribution in [3.63, 3.8) is 0 Å². The first-order chi connectivity index (χ1) is 13.1. The van der Waals surface area contributed by atoms with E-state index in [-0.39, 0.29) is 18.1 Å². The van der Waals surface area contributed by atoms with E-state index in [2.05, 4.69) is 22.4 Å². The molecule has 1 saturated heterocycles. The fourth-order valence-electron chi connectivity index (χ4n) is 3.69. The predicted octanol–water partition coefficient (Wildman–Crippen LogP) is 3.13. The number of nitrogens with zero attached hydrogens (tertiary/aromatic N) is 5. The fraction of sp³-hybridized carbons (Fsp3) is 0.450.